The van der Waals surface area contributed by atoms with E-state index in [1.54, 1.807) is 19.2 Å². The standard InChI is InChI=1S/C16H18N4O4S/c1-22-12-6-10-11(7-13(12)23-2)18-16-20(14(10)21)19-15(25-16)17-8-9-4-3-5-24-9/h6-7,9H,3-5,8H2,1-2H3,(H,17,19)/t9-/m1/s1. The van der Waals surface area contributed by atoms with Crippen molar-refractivity contribution in [3.63, 3.8) is 0 Å². The van der Waals surface area contributed by atoms with Crippen molar-refractivity contribution in [2.45, 2.75) is 18.9 Å². The van der Waals surface area contributed by atoms with Crippen LogP contribution in [-0.4, -0.2) is 48.1 Å². The molecule has 1 saturated heterocycles. The fourth-order valence-electron chi connectivity index (χ4n) is 2.91. The number of nitrogens with one attached hydrogen (secondary N) is 1. The van der Waals surface area contributed by atoms with Gasteiger partial charge in [0.25, 0.3) is 5.56 Å². The molecular weight excluding hydrogens is 344 g/mol. The zero-order valence-electron chi connectivity index (χ0n) is 13.9. The van der Waals surface area contributed by atoms with Crippen molar-refractivity contribution < 1.29 is 14.2 Å². The van der Waals surface area contributed by atoms with Gasteiger partial charge in [0, 0.05) is 19.2 Å². The van der Waals surface area contributed by atoms with Crippen LogP contribution in [0.25, 0.3) is 15.9 Å². The van der Waals surface area contributed by atoms with Gasteiger partial charge >= 0.3 is 0 Å². The fraction of sp³-hybridized carbons (Fsp3) is 0.438. The Labute approximate surface area is 147 Å². The Morgan fingerprint density at radius 2 is 2.16 bits per heavy atom. The molecular formula is C16H18N4O4S. The molecule has 0 unspecified atom stereocenters. The van der Waals surface area contributed by atoms with Crippen LogP contribution in [-0.2, 0) is 4.74 Å². The normalized spacial score (nSPS) is 17.3. The first kappa shape index (κ1) is 16.1. The van der Waals surface area contributed by atoms with E-state index in [0.717, 1.165) is 19.4 Å². The van der Waals surface area contributed by atoms with Crippen molar-refractivity contribution in [3.05, 3.63) is 22.5 Å². The summed E-state index contributed by atoms with van der Waals surface area (Å²) in [6, 6.07) is 3.34. The summed E-state index contributed by atoms with van der Waals surface area (Å²) in [6.45, 7) is 1.48. The maximum atomic E-state index is 12.7. The van der Waals surface area contributed by atoms with Crippen molar-refractivity contribution in [3.8, 4) is 11.5 Å². The molecule has 25 heavy (non-hydrogen) atoms. The second-order valence-corrected chi connectivity index (χ2v) is 6.71. The highest BCUT2D eigenvalue weighted by Crippen LogP contribution is 2.31. The largest absolute Gasteiger partial charge is 0.493 e. The van der Waals surface area contributed by atoms with Gasteiger partial charge in [-0.15, -0.1) is 5.10 Å². The number of aromatic nitrogens is 3. The Balaban J connectivity index is 1.74. The lowest BCUT2D eigenvalue weighted by molar-refractivity contribution is 0.120. The molecule has 1 aromatic carbocycles. The molecule has 0 aliphatic carbocycles. The average Bonchev–Trinajstić information content (AvgIpc) is 3.28. The second kappa shape index (κ2) is 6.49. The van der Waals surface area contributed by atoms with Gasteiger partial charge in [0.05, 0.1) is 31.2 Å². The third kappa shape index (κ3) is 2.89. The van der Waals surface area contributed by atoms with Crippen molar-refractivity contribution in [1.82, 2.24) is 14.6 Å². The Hall–Kier alpha value is -2.39. The molecule has 132 valence electrons. The van der Waals surface area contributed by atoms with E-state index in [0.29, 0.717) is 39.0 Å². The number of hydrogen-bond acceptors (Lipinski definition) is 8. The summed E-state index contributed by atoms with van der Waals surface area (Å²) < 4.78 is 17.5. The molecule has 3 heterocycles. The first-order chi connectivity index (χ1) is 12.2. The van der Waals surface area contributed by atoms with Crippen LogP contribution in [0.1, 0.15) is 12.8 Å². The van der Waals surface area contributed by atoms with Gasteiger partial charge in [-0.2, -0.15) is 4.52 Å². The molecule has 0 amide bonds. The molecule has 0 bridgehead atoms. The van der Waals surface area contributed by atoms with Gasteiger partial charge in [0.15, 0.2) is 11.5 Å². The molecule has 1 N–H and O–H groups in total. The number of nitrogens with zero attached hydrogens (tertiary/aromatic N) is 3. The number of fused-ring (bicyclic) bond motifs is 2. The van der Waals surface area contributed by atoms with E-state index in [1.165, 1.54) is 23.0 Å². The molecule has 0 spiro atoms. The molecule has 2 aromatic heterocycles. The topological polar surface area (TPSA) is 87.0 Å². The summed E-state index contributed by atoms with van der Waals surface area (Å²) in [5, 5.41) is 8.66. The summed E-state index contributed by atoms with van der Waals surface area (Å²) in [5.74, 6) is 1.02. The van der Waals surface area contributed by atoms with Crippen LogP contribution in [0.2, 0.25) is 0 Å². The quantitative estimate of drug-likeness (QED) is 0.742. The van der Waals surface area contributed by atoms with Crippen molar-refractivity contribution >= 4 is 32.3 Å². The Morgan fingerprint density at radius 3 is 2.88 bits per heavy atom. The van der Waals surface area contributed by atoms with Crippen molar-refractivity contribution in [2.75, 3.05) is 32.7 Å². The minimum absolute atomic E-state index is 0.198. The molecule has 8 nitrogen and oxygen atoms in total. The Morgan fingerprint density at radius 1 is 1.36 bits per heavy atom. The zero-order valence-corrected chi connectivity index (χ0v) is 14.8. The van der Waals surface area contributed by atoms with Crippen LogP contribution in [0.5, 0.6) is 11.5 Å². The molecule has 3 aromatic rings. The van der Waals surface area contributed by atoms with Crippen LogP contribution >= 0.6 is 11.3 Å². The minimum atomic E-state index is -0.234. The number of hydrogen-bond donors (Lipinski definition) is 1. The van der Waals surface area contributed by atoms with E-state index in [2.05, 4.69) is 15.4 Å². The Bertz CT molecular complexity index is 978. The predicted octanol–water partition coefficient (Wildman–Crippen LogP) is 1.91. The number of rotatable bonds is 5. The lowest BCUT2D eigenvalue weighted by Gasteiger charge is -2.08. The van der Waals surface area contributed by atoms with E-state index < -0.39 is 0 Å². The van der Waals surface area contributed by atoms with Gasteiger partial charge in [-0.1, -0.05) is 11.3 Å². The second-order valence-electron chi connectivity index (χ2n) is 5.76. The van der Waals surface area contributed by atoms with Crippen LogP contribution in [0.15, 0.2) is 16.9 Å². The number of anilines is 1. The highest BCUT2D eigenvalue weighted by atomic mass is 32.1. The summed E-state index contributed by atoms with van der Waals surface area (Å²) >= 11 is 1.34. The molecule has 1 aliphatic rings. The lowest BCUT2D eigenvalue weighted by Crippen LogP contribution is -2.19. The number of benzene rings is 1. The number of methoxy groups -OCH3 is 2. The number of ether oxygens (including phenoxy) is 3. The van der Waals surface area contributed by atoms with Gasteiger partial charge < -0.3 is 19.5 Å². The summed E-state index contributed by atoms with van der Waals surface area (Å²) in [5.41, 5.74) is 0.319. The SMILES string of the molecule is COc1cc2nc3sc(NC[C@H]4CCCO4)nn3c(=O)c2cc1OC. The van der Waals surface area contributed by atoms with Crippen LogP contribution < -0.4 is 20.3 Å². The van der Waals surface area contributed by atoms with Gasteiger partial charge in [0.2, 0.25) is 10.1 Å². The zero-order chi connectivity index (χ0) is 17.4. The van der Waals surface area contributed by atoms with E-state index >= 15 is 0 Å². The fourth-order valence-corrected chi connectivity index (χ4v) is 3.72. The van der Waals surface area contributed by atoms with Crippen LogP contribution in [0.3, 0.4) is 0 Å². The van der Waals surface area contributed by atoms with Gasteiger partial charge in [0.1, 0.15) is 0 Å². The lowest BCUT2D eigenvalue weighted by atomic mass is 10.2. The molecule has 9 heteroatoms. The molecule has 4 rings (SSSR count). The van der Waals surface area contributed by atoms with Crippen molar-refractivity contribution in [1.29, 1.82) is 0 Å². The van der Waals surface area contributed by atoms with E-state index in [9.17, 15) is 4.79 Å². The molecule has 1 aliphatic heterocycles. The predicted molar refractivity (Wildman–Crippen MR) is 95.2 cm³/mol. The molecule has 0 saturated carbocycles. The maximum absolute atomic E-state index is 12.7. The monoisotopic (exact) mass is 362 g/mol. The first-order valence-electron chi connectivity index (χ1n) is 8.00. The van der Waals surface area contributed by atoms with Crippen LogP contribution in [0, 0.1) is 0 Å². The summed E-state index contributed by atoms with van der Waals surface area (Å²) in [6.07, 6.45) is 2.33. The first-order valence-corrected chi connectivity index (χ1v) is 8.82. The highest BCUT2D eigenvalue weighted by molar-refractivity contribution is 7.20. The Kier molecular flexibility index (Phi) is 4.18. The van der Waals surface area contributed by atoms with E-state index in [1.807, 2.05) is 0 Å². The average molecular weight is 362 g/mol. The molecule has 1 atom stereocenters. The summed E-state index contributed by atoms with van der Waals surface area (Å²) in [7, 11) is 3.08. The smallest absolute Gasteiger partial charge is 0.283 e. The minimum Gasteiger partial charge on any atom is -0.493 e. The maximum Gasteiger partial charge on any atom is 0.283 e. The third-order valence-corrected chi connectivity index (χ3v) is 5.07. The van der Waals surface area contributed by atoms with Gasteiger partial charge in [-0.05, 0) is 18.9 Å². The van der Waals surface area contributed by atoms with E-state index in [4.69, 9.17) is 14.2 Å². The van der Waals surface area contributed by atoms with E-state index in [-0.39, 0.29) is 11.7 Å². The van der Waals surface area contributed by atoms with Crippen molar-refractivity contribution in [2.24, 2.45) is 0 Å². The summed E-state index contributed by atoms with van der Waals surface area (Å²) in [4.78, 5) is 17.8. The molecule has 1 fully saturated rings. The highest BCUT2D eigenvalue weighted by Gasteiger charge is 2.17. The third-order valence-electron chi connectivity index (χ3n) is 4.21. The van der Waals surface area contributed by atoms with Gasteiger partial charge in [-0.3, -0.25) is 4.79 Å². The molecule has 0 radical (unpaired) electrons. The van der Waals surface area contributed by atoms with Crippen LogP contribution in [0.4, 0.5) is 5.13 Å². The van der Waals surface area contributed by atoms with Gasteiger partial charge in [-0.25, -0.2) is 4.98 Å².